The first-order valence-corrected chi connectivity index (χ1v) is 47.8. The Morgan fingerprint density at radius 1 is 0.403 bits per heavy atom. The molecule has 5 fully saturated rings. The molecule has 32 unspecified atom stereocenters. The first-order chi connectivity index (χ1) is 63.9. The second kappa shape index (κ2) is 62.3. The van der Waals surface area contributed by atoms with Crippen LogP contribution in [0.2, 0.25) is 0 Å². The molecular formula is C88H158N4O42. The van der Waals surface area contributed by atoms with Gasteiger partial charge in [-0.2, -0.15) is 0 Å². The van der Waals surface area contributed by atoms with Gasteiger partial charge in [-0.3, -0.25) is 19.2 Å². The van der Waals surface area contributed by atoms with Crippen LogP contribution >= 0.6 is 0 Å². The van der Waals surface area contributed by atoms with Crippen molar-refractivity contribution in [3.05, 3.63) is 0 Å². The van der Waals surface area contributed by atoms with Gasteiger partial charge in [0, 0.05) is 26.4 Å². The van der Waals surface area contributed by atoms with Crippen molar-refractivity contribution in [2.24, 2.45) is 0 Å². The fourth-order valence-electron chi connectivity index (χ4n) is 17.5. The third kappa shape index (κ3) is 36.5. The van der Waals surface area contributed by atoms with Gasteiger partial charge in [-0.05, 0) is 12.8 Å². The molecular weight excluding hydrogens is 1780 g/mol. The van der Waals surface area contributed by atoms with E-state index in [2.05, 4.69) is 35.1 Å². The molecule has 5 aliphatic rings. The van der Waals surface area contributed by atoms with E-state index in [9.17, 15) is 156 Å². The van der Waals surface area contributed by atoms with E-state index in [-0.39, 0.29) is 12.8 Å². The van der Waals surface area contributed by atoms with Gasteiger partial charge in [-0.25, -0.2) is 14.4 Å². The quantitative estimate of drug-likeness (QED) is 0.0256. The number of hydrogen-bond acceptors (Lipinski definition) is 39. The summed E-state index contributed by atoms with van der Waals surface area (Å²) in [5.74, 6) is -21.8. The fraction of sp³-hybridized carbons (Fsp3) is 0.920. The molecule has 0 aliphatic carbocycles. The van der Waals surface area contributed by atoms with E-state index in [1.165, 1.54) is 122 Å². The van der Waals surface area contributed by atoms with Crippen molar-refractivity contribution in [3.8, 4) is 0 Å². The third-order valence-corrected chi connectivity index (χ3v) is 25.6. The van der Waals surface area contributed by atoms with Crippen LogP contribution in [-0.4, -0.2) is 425 Å². The molecule has 134 heavy (non-hydrogen) atoms. The lowest BCUT2D eigenvalue weighted by Gasteiger charge is -2.50. The first kappa shape index (κ1) is 119. The lowest BCUT2D eigenvalue weighted by Crippen LogP contribution is -2.71. The van der Waals surface area contributed by atoms with Crippen LogP contribution in [0, 0.1) is 0 Å². The summed E-state index contributed by atoms with van der Waals surface area (Å²) in [6.07, 6.45) is -22.4. The number of rotatable bonds is 70. The molecule has 5 heterocycles. The number of carboxylic acids is 3. The Bertz CT molecular complexity index is 3310. The average molecular weight is 1940 g/mol. The largest absolute Gasteiger partial charge is 0.477 e. The summed E-state index contributed by atoms with van der Waals surface area (Å²) < 4.78 is 61.8. The van der Waals surface area contributed by atoms with E-state index in [0.717, 1.165) is 77.7 Å². The number of nitrogens with one attached hydrogen (secondary N) is 4. The standard InChI is InChI=1S/C88H158N4O42/c1-4-6-8-10-12-14-16-18-19-20-21-22-23-24-25-27-29-31-33-35-37-52(100)80(117)89-50(67(109)51(99)36-34-32-30-28-26-17-15-13-11-9-7-5-2)47-125-81-73(115)72(114)75(60(45-97)129-81)130-82-74(116)79(71(113)59(44-96)128-82)134-88(85(122)123)40-55(103)65(77(133-88)69(111)57(105)42-94)92-63(108)48-126-86(83(118)119)38-53(101)64(76(131-86)68(110)56(104)41-93)91-62(107)49-127-87(84(120)121)39-54(102)66(90-61(106)46-98)78(132-87)70(112)58(43-95)124-3/h50-60,64-79,81-82,93-105,109-116H,4-49H2,1-3H3,(H,89,117)(H,90,106)(H,91,107)(H,92,108)(H,118,119)(H,120,121)(H,122,123). The smallest absolute Gasteiger partial charge is 0.364 e. The SMILES string of the molecule is CCCCCCCCCCCCCCCCCCCCCCC(O)C(=O)NC(COC1OC(CO)C(OC2OC(CO)C(O)C(OC3(C(=O)O)CC(O)C(NC(=O)COC4(C(=O)O)CC(O)C(NC(=O)COC5(C(=O)O)CC(O)C(NC(=O)CO)C(C(O)C(CO)OC)O5)C(C(O)C(O)CO)O4)C(C(O)C(O)CO)O3)C2O)C(O)C1O)C(O)C(O)CCCCCCCCCCCCCC. The summed E-state index contributed by atoms with van der Waals surface area (Å²) in [7, 11) is 1.00. The van der Waals surface area contributed by atoms with Crippen LogP contribution in [0.4, 0.5) is 0 Å². The number of aliphatic carboxylic acids is 3. The second-order valence-corrected chi connectivity index (χ2v) is 36.0. The summed E-state index contributed by atoms with van der Waals surface area (Å²) in [6, 6.07) is -7.65. The molecule has 46 nitrogen and oxygen atoms in total. The monoisotopic (exact) mass is 1940 g/mol. The molecule has 28 N–H and O–H groups in total. The van der Waals surface area contributed by atoms with E-state index in [0.29, 0.717) is 12.8 Å². The number of methoxy groups -OCH3 is 1. The van der Waals surface area contributed by atoms with Crippen LogP contribution in [0.3, 0.4) is 0 Å². The molecule has 0 saturated carbocycles. The van der Waals surface area contributed by atoms with Crippen molar-refractivity contribution in [2.45, 2.75) is 446 Å². The number of hydrogen-bond donors (Lipinski definition) is 28. The molecule has 0 aromatic heterocycles. The molecule has 5 aliphatic heterocycles. The Hall–Kier alpha value is -4.99. The highest BCUT2D eigenvalue weighted by molar-refractivity contribution is 5.82. The zero-order chi connectivity index (χ0) is 99.4. The Kier molecular flexibility index (Phi) is 55.6. The first-order valence-electron chi connectivity index (χ1n) is 47.8. The van der Waals surface area contributed by atoms with E-state index < -0.39 is 315 Å². The maximum Gasteiger partial charge on any atom is 0.364 e. The number of amides is 4. The molecule has 32 atom stereocenters. The van der Waals surface area contributed by atoms with Gasteiger partial charge < -0.3 is 196 Å². The van der Waals surface area contributed by atoms with Crippen LogP contribution < -0.4 is 21.3 Å². The Morgan fingerprint density at radius 3 is 1.14 bits per heavy atom. The van der Waals surface area contributed by atoms with Crippen molar-refractivity contribution >= 4 is 41.5 Å². The van der Waals surface area contributed by atoms with E-state index in [1.807, 2.05) is 0 Å². The highest BCUT2D eigenvalue weighted by atomic mass is 16.8. The number of carbonyl (C=O) groups excluding carboxylic acids is 4. The summed E-state index contributed by atoms with van der Waals surface area (Å²) >= 11 is 0. The lowest BCUT2D eigenvalue weighted by atomic mass is 9.88. The van der Waals surface area contributed by atoms with Gasteiger partial charge in [0.05, 0.1) is 88.2 Å². The molecule has 5 saturated heterocycles. The Labute approximate surface area is 780 Å². The molecule has 0 aromatic rings. The third-order valence-electron chi connectivity index (χ3n) is 25.6. The maximum absolute atomic E-state index is 14.1. The maximum atomic E-state index is 14.1. The number of aliphatic hydroxyl groups excluding tert-OH is 21. The minimum Gasteiger partial charge on any atom is -0.477 e. The van der Waals surface area contributed by atoms with E-state index in [1.54, 1.807) is 0 Å². The summed E-state index contributed by atoms with van der Waals surface area (Å²) in [4.78, 5) is 93.6. The number of carboxylic acid groups (broad SMARTS) is 3. The normalized spacial score (nSPS) is 31.3. The predicted octanol–water partition coefficient (Wildman–Crippen LogP) is -4.41. The van der Waals surface area contributed by atoms with Crippen LogP contribution in [-0.2, 0) is 85.7 Å². The minimum atomic E-state index is -3.51. The molecule has 0 bridgehead atoms. The highest BCUT2D eigenvalue weighted by Crippen LogP contribution is 2.41. The van der Waals surface area contributed by atoms with Crippen molar-refractivity contribution in [1.29, 1.82) is 0 Å². The summed E-state index contributed by atoms with van der Waals surface area (Å²) in [6.45, 7) is -6.66. The zero-order valence-corrected chi connectivity index (χ0v) is 77.4. The number of carbonyl (C=O) groups is 7. The van der Waals surface area contributed by atoms with E-state index >= 15 is 0 Å². The Balaban J connectivity index is 1.26. The van der Waals surface area contributed by atoms with Crippen LogP contribution in [0.25, 0.3) is 0 Å². The molecule has 782 valence electrons. The molecule has 5 rings (SSSR count). The van der Waals surface area contributed by atoms with Crippen molar-refractivity contribution in [1.82, 2.24) is 21.3 Å². The summed E-state index contributed by atoms with van der Waals surface area (Å²) in [5.41, 5.74) is 0. The highest BCUT2D eigenvalue weighted by Gasteiger charge is 2.63. The van der Waals surface area contributed by atoms with E-state index in [4.69, 9.17) is 52.1 Å². The van der Waals surface area contributed by atoms with Crippen LogP contribution in [0.15, 0.2) is 0 Å². The van der Waals surface area contributed by atoms with Gasteiger partial charge in [0.2, 0.25) is 23.6 Å². The molecule has 0 radical (unpaired) electrons. The van der Waals surface area contributed by atoms with Crippen molar-refractivity contribution < 1.29 is 208 Å². The zero-order valence-electron chi connectivity index (χ0n) is 77.4. The van der Waals surface area contributed by atoms with Crippen LogP contribution in [0.1, 0.15) is 251 Å². The molecule has 4 amide bonds. The van der Waals surface area contributed by atoms with Gasteiger partial charge >= 0.3 is 17.9 Å². The number of aliphatic hydroxyl groups is 21. The van der Waals surface area contributed by atoms with Crippen LogP contribution in [0.5, 0.6) is 0 Å². The lowest BCUT2D eigenvalue weighted by molar-refractivity contribution is -0.386. The number of ether oxygens (including phenoxy) is 11. The van der Waals surface area contributed by atoms with Crippen molar-refractivity contribution in [3.63, 3.8) is 0 Å². The van der Waals surface area contributed by atoms with Gasteiger partial charge in [-0.1, -0.05) is 219 Å². The van der Waals surface area contributed by atoms with Gasteiger partial charge in [-0.15, -0.1) is 0 Å². The fourth-order valence-corrected chi connectivity index (χ4v) is 17.5. The van der Waals surface area contributed by atoms with Gasteiger partial charge in [0.1, 0.15) is 136 Å². The Morgan fingerprint density at radius 2 is 0.769 bits per heavy atom. The molecule has 46 heteroatoms. The average Bonchev–Trinajstić information content (AvgIpc) is 0.764. The minimum absolute atomic E-state index is 0.0584. The summed E-state index contributed by atoms with van der Waals surface area (Å²) in [5, 5.41) is 273. The number of unbranched alkanes of at least 4 members (excludes halogenated alkanes) is 30. The van der Waals surface area contributed by atoms with Gasteiger partial charge in [0.25, 0.3) is 17.4 Å². The molecule has 0 spiro atoms. The second-order valence-electron chi connectivity index (χ2n) is 36.0. The predicted molar refractivity (Wildman–Crippen MR) is 464 cm³/mol. The topological polar surface area (TPSA) is 755 Å². The van der Waals surface area contributed by atoms with Gasteiger partial charge in [0.15, 0.2) is 12.6 Å². The molecule has 0 aromatic carbocycles. The van der Waals surface area contributed by atoms with Crippen molar-refractivity contribution in [2.75, 3.05) is 66.6 Å².